The molecule has 4 rings (SSSR count). The van der Waals surface area contributed by atoms with E-state index < -0.39 is 0 Å². The Morgan fingerprint density at radius 2 is 1.90 bits per heavy atom. The number of carbonyl (C=O) groups excluding carboxylic acids is 1. The highest BCUT2D eigenvalue weighted by atomic mass is 16.5. The Kier molecular flexibility index (Phi) is 5.49. The monoisotopic (exact) mass is 389 g/mol. The largest absolute Gasteiger partial charge is 0.496 e. The topological polar surface area (TPSA) is 45.7 Å². The average Bonchev–Trinajstić information content (AvgIpc) is 2.73. The zero-order chi connectivity index (χ0) is 20.4. The fourth-order valence-corrected chi connectivity index (χ4v) is 3.86. The van der Waals surface area contributed by atoms with Crippen molar-refractivity contribution < 1.29 is 9.53 Å². The number of piperazine rings is 1. The molecule has 150 valence electrons. The first kappa shape index (κ1) is 19.4. The van der Waals surface area contributed by atoms with E-state index >= 15 is 0 Å². The normalized spacial score (nSPS) is 15.1. The van der Waals surface area contributed by atoms with E-state index in [9.17, 15) is 4.79 Å². The zero-order valence-corrected chi connectivity index (χ0v) is 17.3. The second-order valence-corrected chi connectivity index (χ2v) is 7.77. The molecule has 0 N–H and O–H groups in total. The molecule has 1 aliphatic rings. The van der Waals surface area contributed by atoms with E-state index in [1.165, 1.54) is 11.1 Å². The van der Waals surface area contributed by atoms with Crippen LogP contribution in [0.1, 0.15) is 16.7 Å². The van der Waals surface area contributed by atoms with Gasteiger partial charge < -0.3 is 4.74 Å². The SMILES string of the molecule is COc1cc(CCN2CCN(c3cc4ccc(C)cc4cn3)C(=O)C2)ccc1C. The average molecular weight is 389 g/mol. The molecule has 1 aromatic heterocycles. The van der Waals surface area contributed by atoms with Crippen molar-refractivity contribution in [2.45, 2.75) is 20.3 Å². The van der Waals surface area contributed by atoms with Gasteiger partial charge in [-0.1, -0.05) is 29.8 Å². The van der Waals surface area contributed by atoms with Crippen LogP contribution in [0.4, 0.5) is 5.82 Å². The van der Waals surface area contributed by atoms with Crippen molar-refractivity contribution in [3.8, 4) is 5.75 Å². The predicted molar refractivity (Wildman–Crippen MR) is 117 cm³/mol. The summed E-state index contributed by atoms with van der Waals surface area (Å²) in [5.41, 5.74) is 3.58. The maximum atomic E-state index is 12.8. The van der Waals surface area contributed by atoms with Gasteiger partial charge in [-0.2, -0.15) is 0 Å². The number of carbonyl (C=O) groups is 1. The van der Waals surface area contributed by atoms with E-state index in [0.29, 0.717) is 13.1 Å². The number of benzene rings is 2. The lowest BCUT2D eigenvalue weighted by Crippen LogP contribution is -2.51. The van der Waals surface area contributed by atoms with Crippen molar-refractivity contribution in [2.24, 2.45) is 0 Å². The summed E-state index contributed by atoms with van der Waals surface area (Å²) >= 11 is 0. The second-order valence-electron chi connectivity index (χ2n) is 7.77. The molecule has 3 aromatic rings. The first-order valence-corrected chi connectivity index (χ1v) is 10.1. The van der Waals surface area contributed by atoms with E-state index in [4.69, 9.17) is 4.74 Å². The number of hydrogen-bond donors (Lipinski definition) is 0. The van der Waals surface area contributed by atoms with E-state index in [0.717, 1.165) is 47.4 Å². The van der Waals surface area contributed by atoms with Crippen LogP contribution in [0, 0.1) is 13.8 Å². The number of pyridine rings is 1. The molecule has 0 aliphatic carbocycles. The van der Waals surface area contributed by atoms with Crippen LogP contribution in [0.25, 0.3) is 10.8 Å². The molecule has 2 aromatic carbocycles. The molecule has 0 unspecified atom stereocenters. The predicted octanol–water partition coefficient (Wildman–Crippen LogP) is 3.75. The molecule has 2 heterocycles. The number of amides is 1. The highest BCUT2D eigenvalue weighted by Gasteiger charge is 2.25. The third-order valence-corrected chi connectivity index (χ3v) is 5.63. The van der Waals surface area contributed by atoms with Crippen LogP contribution in [-0.4, -0.2) is 49.1 Å². The minimum Gasteiger partial charge on any atom is -0.496 e. The Hall–Kier alpha value is -2.92. The van der Waals surface area contributed by atoms with Crippen molar-refractivity contribution in [2.75, 3.05) is 38.2 Å². The Morgan fingerprint density at radius 1 is 1.03 bits per heavy atom. The summed E-state index contributed by atoms with van der Waals surface area (Å²) in [6.07, 6.45) is 2.76. The number of rotatable bonds is 5. The van der Waals surface area contributed by atoms with Crippen LogP contribution in [-0.2, 0) is 11.2 Å². The van der Waals surface area contributed by atoms with Gasteiger partial charge in [-0.15, -0.1) is 0 Å². The van der Waals surface area contributed by atoms with E-state index in [1.807, 2.05) is 24.1 Å². The second kappa shape index (κ2) is 8.21. The molecular formula is C24H27N3O2. The first-order valence-electron chi connectivity index (χ1n) is 10.1. The number of nitrogens with zero attached hydrogens (tertiary/aromatic N) is 3. The number of fused-ring (bicyclic) bond motifs is 1. The van der Waals surface area contributed by atoms with Gasteiger partial charge in [-0.25, -0.2) is 4.98 Å². The molecule has 0 bridgehead atoms. The lowest BCUT2D eigenvalue weighted by molar-refractivity contribution is -0.121. The summed E-state index contributed by atoms with van der Waals surface area (Å²) in [5.74, 6) is 1.77. The van der Waals surface area contributed by atoms with Crippen molar-refractivity contribution in [1.29, 1.82) is 0 Å². The quantitative estimate of drug-likeness (QED) is 0.667. The molecule has 5 nitrogen and oxygen atoms in total. The lowest BCUT2D eigenvalue weighted by atomic mass is 10.1. The number of aryl methyl sites for hydroxylation is 2. The maximum absolute atomic E-state index is 12.8. The van der Waals surface area contributed by atoms with Crippen molar-refractivity contribution in [3.63, 3.8) is 0 Å². The third-order valence-electron chi connectivity index (χ3n) is 5.63. The minimum atomic E-state index is 0.108. The number of hydrogen-bond acceptors (Lipinski definition) is 4. The van der Waals surface area contributed by atoms with Crippen molar-refractivity contribution in [3.05, 3.63) is 65.4 Å². The Balaban J connectivity index is 1.39. The maximum Gasteiger partial charge on any atom is 0.242 e. The molecule has 0 atom stereocenters. The summed E-state index contributed by atoms with van der Waals surface area (Å²) in [6.45, 7) is 6.92. The highest BCUT2D eigenvalue weighted by molar-refractivity contribution is 5.96. The van der Waals surface area contributed by atoms with Crippen LogP contribution in [0.3, 0.4) is 0 Å². The van der Waals surface area contributed by atoms with Crippen molar-refractivity contribution >= 4 is 22.5 Å². The van der Waals surface area contributed by atoms with Crippen molar-refractivity contribution in [1.82, 2.24) is 9.88 Å². The summed E-state index contributed by atoms with van der Waals surface area (Å²) in [5, 5.41) is 2.22. The van der Waals surface area contributed by atoms with Crippen LogP contribution in [0.5, 0.6) is 5.75 Å². The minimum absolute atomic E-state index is 0.108. The molecule has 1 amide bonds. The molecule has 1 aliphatic heterocycles. The zero-order valence-electron chi connectivity index (χ0n) is 17.3. The highest BCUT2D eigenvalue weighted by Crippen LogP contribution is 2.23. The number of aromatic nitrogens is 1. The van der Waals surface area contributed by atoms with Gasteiger partial charge in [0.1, 0.15) is 11.6 Å². The van der Waals surface area contributed by atoms with Gasteiger partial charge in [0.2, 0.25) is 5.91 Å². The fourth-order valence-electron chi connectivity index (χ4n) is 3.86. The first-order chi connectivity index (χ1) is 14.0. The molecule has 1 fully saturated rings. The van der Waals surface area contributed by atoms with E-state index in [1.54, 1.807) is 7.11 Å². The standard InChI is InChI=1S/C24H27N3O2/c1-17-4-7-20-14-23(25-15-21(20)12-17)27-11-10-26(16-24(27)28)9-8-19-6-5-18(2)22(13-19)29-3/h4-7,12-15H,8-11,16H2,1-3H3. The van der Waals surface area contributed by atoms with Crippen LogP contribution < -0.4 is 9.64 Å². The van der Waals surface area contributed by atoms with Gasteiger partial charge in [0, 0.05) is 31.2 Å². The Labute approximate surface area is 171 Å². The summed E-state index contributed by atoms with van der Waals surface area (Å²) in [7, 11) is 1.70. The van der Waals surface area contributed by atoms with Gasteiger partial charge in [-0.05, 0) is 55.0 Å². The van der Waals surface area contributed by atoms with Crippen LogP contribution in [0.15, 0.2) is 48.7 Å². The summed E-state index contributed by atoms with van der Waals surface area (Å²) in [6, 6.07) is 14.6. The van der Waals surface area contributed by atoms with Gasteiger partial charge in [0.25, 0.3) is 0 Å². The number of anilines is 1. The van der Waals surface area contributed by atoms with Crippen LogP contribution >= 0.6 is 0 Å². The van der Waals surface area contributed by atoms with E-state index in [2.05, 4.69) is 53.2 Å². The number of methoxy groups -OCH3 is 1. The molecule has 0 radical (unpaired) electrons. The summed E-state index contributed by atoms with van der Waals surface area (Å²) < 4.78 is 5.41. The van der Waals surface area contributed by atoms with Crippen LogP contribution in [0.2, 0.25) is 0 Å². The van der Waals surface area contributed by atoms with Gasteiger partial charge in [0.05, 0.1) is 13.7 Å². The van der Waals surface area contributed by atoms with Gasteiger partial charge in [0.15, 0.2) is 0 Å². The molecule has 0 spiro atoms. The van der Waals surface area contributed by atoms with Gasteiger partial charge >= 0.3 is 0 Å². The molecule has 1 saturated heterocycles. The summed E-state index contributed by atoms with van der Waals surface area (Å²) in [4.78, 5) is 21.3. The lowest BCUT2D eigenvalue weighted by Gasteiger charge is -2.33. The van der Waals surface area contributed by atoms with Gasteiger partial charge in [-0.3, -0.25) is 14.6 Å². The Morgan fingerprint density at radius 3 is 2.69 bits per heavy atom. The smallest absolute Gasteiger partial charge is 0.242 e. The van der Waals surface area contributed by atoms with E-state index in [-0.39, 0.29) is 5.91 Å². The molecule has 5 heteroatoms. The molecule has 29 heavy (non-hydrogen) atoms. The fraction of sp³-hybridized carbons (Fsp3) is 0.333. The molecule has 0 saturated carbocycles. The third kappa shape index (κ3) is 4.25. The number of ether oxygens (including phenoxy) is 1. The molecular weight excluding hydrogens is 362 g/mol. The Bertz CT molecular complexity index is 1050.